The molecule has 0 N–H and O–H groups in total. The lowest BCUT2D eigenvalue weighted by atomic mass is 9.77. The Kier molecular flexibility index (Phi) is 4.02. The highest BCUT2D eigenvalue weighted by Gasteiger charge is 2.67. The minimum Gasteiger partial charge on any atom is -0.465 e. The summed E-state index contributed by atoms with van der Waals surface area (Å²) in [5.41, 5.74) is 0.137. The maximum atomic E-state index is 13.5. The van der Waals surface area contributed by atoms with Gasteiger partial charge in [-0.3, -0.25) is 9.59 Å². The molecule has 0 radical (unpaired) electrons. The van der Waals surface area contributed by atoms with Crippen LogP contribution in [-0.2, 0) is 19.1 Å². The van der Waals surface area contributed by atoms with E-state index in [1.165, 1.54) is 0 Å². The zero-order valence-electron chi connectivity index (χ0n) is 15.8. The van der Waals surface area contributed by atoms with Gasteiger partial charge in [-0.15, -0.1) is 0 Å². The molecule has 2 aromatic carbocycles. The van der Waals surface area contributed by atoms with Gasteiger partial charge in [-0.25, -0.2) is 0 Å². The molecule has 0 saturated carbocycles. The highest BCUT2D eigenvalue weighted by molar-refractivity contribution is 6.08. The Balaban J connectivity index is 1.49. The Labute approximate surface area is 163 Å². The molecule has 3 aliphatic heterocycles. The van der Waals surface area contributed by atoms with Crippen molar-refractivity contribution in [3.05, 3.63) is 54.6 Å². The molecule has 5 heteroatoms. The van der Waals surface area contributed by atoms with E-state index in [2.05, 4.69) is 6.92 Å². The number of anilines is 1. The Morgan fingerprint density at radius 1 is 1.25 bits per heavy atom. The number of ether oxygens (including phenoxy) is 2. The SMILES string of the molecule is CCCCOC(=O)[C@@H]1[C@@H]2C=C[C@]3(CN(c4cccc5ccccc45)C(=O)[C@H]13)O2. The highest BCUT2D eigenvalue weighted by Crippen LogP contribution is 2.53. The molecule has 2 aromatic rings. The fraction of sp³-hybridized carbons (Fsp3) is 0.391. The summed E-state index contributed by atoms with van der Waals surface area (Å²) in [4.78, 5) is 28.0. The lowest BCUT2D eigenvalue weighted by Crippen LogP contribution is -2.40. The van der Waals surface area contributed by atoms with Crippen molar-refractivity contribution in [2.75, 3.05) is 18.1 Å². The van der Waals surface area contributed by atoms with Gasteiger partial charge < -0.3 is 14.4 Å². The molecule has 2 bridgehead atoms. The van der Waals surface area contributed by atoms with Crippen LogP contribution in [0, 0.1) is 11.8 Å². The molecule has 5 rings (SSSR count). The first-order valence-corrected chi connectivity index (χ1v) is 9.97. The van der Waals surface area contributed by atoms with E-state index in [-0.39, 0.29) is 18.0 Å². The number of rotatable bonds is 5. The molecule has 1 amide bonds. The molecular weight excluding hydrogens is 354 g/mol. The third-order valence-electron chi connectivity index (χ3n) is 6.17. The van der Waals surface area contributed by atoms with Crippen molar-refractivity contribution in [3.8, 4) is 0 Å². The van der Waals surface area contributed by atoms with Crippen molar-refractivity contribution >= 4 is 28.3 Å². The van der Waals surface area contributed by atoms with Crippen molar-refractivity contribution < 1.29 is 19.1 Å². The number of carbonyl (C=O) groups is 2. The number of fused-ring (bicyclic) bond motifs is 2. The molecule has 4 atom stereocenters. The van der Waals surface area contributed by atoms with Gasteiger partial charge in [-0.05, 0) is 17.9 Å². The van der Waals surface area contributed by atoms with Crippen molar-refractivity contribution in [3.63, 3.8) is 0 Å². The Bertz CT molecular complexity index is 978. The van der Waals surface area contributed by atoms with Gasteiger partial charge in [-0.1, -0.05) is 61.9 Å². The van der Waals surface area contributed by atoms with Gasteiger partial charge in [0, 0.05) is 5.39 Å². The fourth-order valence-electron chi connectivity index (χ4n) is 4.83. The van der Waals surface area contributed by atoms with Crippen LogP contribution < -0.4 is 4.90 Å². The summed E-state index contributed by atoms with van der Waals surface area (Å²) in [6, 6.07) is 14.0. The number of unbranched alkanes of at least 4 members (excludes halogenated alkanes) is 1. The minimum atomic E-state index is -0.729. The summed E-state index contributed by atoms with van der Waals surface area (Å²) >= 11 is 0. The van der Waals surface area contributed by atoms with E-state index in [4.69, 9.17) is 9.47 Å². The zero-order valence-corrected chi connectivity index (χ0v) is 15.8. The zero-order chi connectivity index (χ0) is 19.3. The Hall–Kier alpha value is -2.66. The molecule has 2 saturated heterocycles. The van der Waals surface area contributed by atoms with Crippen LogP contribution in [0.15, 0.2) is 54.6 Å². The van der Waals surface area contributed by atoms with Crippen LogP contribution >= 0.6 is 0 Å². The number of hydrogen-bond acceptors (Lipinski definition) is 4. The minimum absolute atomic E-state index is 0.0550. The van der Waals surface area contributed by atoms with E-state index in [9.17, 15) is 9.59 Å². The Morgan fingerprint density at radius 3 is 2.93 bits per heavy atom. The van der Waals surface area contributed by atoms with Gasteiger partial charge >= 0.3 is 5.97 Å². The first-order valence-electron chi connectivity index (χ1n) is 9.97. The first kappa shape index (κ1) is 17.4. The van der Waals surface area contributed by atoms with Gasteiger partial charge in [0.05, 0.1) is 30.9 Å². The number of nitrogens with zero attached hydrogens (tertiary/aromatic N) is 1. The lowest BCUT2D eigenvalue weighted by Gasteiger charge is -2.23. The van der Waals surface area contributed by atoms with Crippen LogP contribution in [0.2, 0.25) is 0 Å². The molecule has 5 nitrogen and oxygen atoms in total. The van der Waals surface area contributed by atoms with E-state index < -0.39 is 17.4 Å². The van der Waals surface area contributed by atoms with Crippen LogP contribution in [0.5, 0.6) is 0 Å². The molecule has 28 heavy (non-hydrogen) atoms. The predicted octanol–water partition coefficient (Wildman–Crippen LogP) is 3.47. The van der Waals surface area contributed by atoms with Gasteiger partial charge in [-0.2, -0.15) is 0 Å². The quantitative estimate of drug-likeness (QED) is 0.455. The van der Waals surface area contributed by atoms with E-state index in [0.29, 0.717) is 13.2 Å². The van der Waals surface area contributed by atoms with Crippen LogP contribution in [0.4, 0.5) is 5.69 Å². The number of carbonyl (C=O) groups excluding carboxylic acids is 2. The van der Waals surface area contributed by atoms with Crippen molar-refractivity contribution in [1.82, 2.24) is 0 Å². The van der Waals surface area contributed by atoms with Crippen LogP contribution in [0.25, 0.3) is 10.8 Å². The van der Waals surface area contributed by atoms with E-state index in [0.717, 1.165) is 29.3 Å². The second kappa shape index (κ2) is 6.45. The molecule has 1 spiro atoms. The smallest absolute Gasteiger partial charge is 0.312 e. The van der Waals surface area contributed by atoms with Crippen LogP contribution in [-0.4, -0.2) is 36.7 Å². The topological polar surface area (TPSA) is 55.8 Å². The molecule has 0 aliphatic carbocycles. The second-order valence-electron chi connectivity index (χ2n) is 7.84. The number of benzene rings is 2. The predicted molar refractivity (Wildman–Crippen MR) is 106 cm³/mol. The first-order chi connectivity index (χ1) is 13.6. The van der Waals surface area contributed by atoms with E-state index >= 15 is 0 Å². The van der Waals surface area contributed by atoms with Gasteiger partial charge in [0.25, 0.3) is 0 Å². The van der Waals surface area contributed by atoms with Crippen LogP contribution in [0.3, 0.4) is 0 Å². The number of hydrogen-bond donors (Lipinski definition) is 0. The molecule has 2 fully saturated rings. The molecule has 3 aliphatic rings. The van der Waals surface area contributed by atoms with Gasteiger partial charge in [0.2, 0.25) is 5.91 Å². The summed E-state index contributed by atoms with van der Waals surface area (Å²) in [5.74, 6) is -1.45. The molecule has 0 aromatic heterocycles. The monoisotopic (exact) mass is 377 g/mol. The third-order valence-corrected chi connectivity index (χ3v) is 6.17. The van der Waals surface area contributed by atoms with Crippen molar-refractivity contribution in [2.45, 2.75) is 31.5 Å². The number of esters is 1. The molecule has 0 unspecified atom stereocenters. The highest BCUT2D eigenvalue weighted by atomic mass is 16.6. The summed E-state index contributed by atoms with van der Waals surface area (Å²) in [7, 11) is 0. The molecular formula is C23H23NO4. The maximum absolute atomic E-state index is 13.5. The average Bonchev–Trinajstić information content (AvgIpc) is 3.36. The largest absolute Gasteiger partial charge is 0.465 e. The van der Waals surface area contributed by atoms with Gasteiger partial charge in [0.1, 0.15) is 11.5 Å². The molecule has 144 valence electrons. The lowest BCUT2D eigenvalue weighted by molar-refractivity contribution is -0.152. The fourth-order valence-corrected chi connectivity index (χ4v) is 4.83. The second-order valence-corrected chi connectivity index (χ2v) is 7.84. The third kappa shape index (κ3) is 2.42. The Morgan fingerprint density at radius 2 is 2.07 bits per heavy atom. The van der Waals surface area contributed by atoms with E-state index in [1.54, 1.807) is 4.90 Å². The van der Waals surface area contributed by atoms with Crippen LogP contribution in [0.1, 0.15) is 19.8 Å². The van der Waals surface area contributed by atoms with Gasteiger partial charge in [0.15, 0.2) is 0 Å². The molecule has 3 heterocycles. The van der Waals surface area contributed by atoms with Crippen molar-refractivity contribution in [1.29, 1.82) is 0 Å². The standard InChI is InChI=1S/C23H23NO4/c1-2-3-13-27-22(26)19-18-11-12-23(28-18)14-24(21(25)20(19)23)17-10-6-8-15-7-4-5-9-16(15)17/h4-12,18-20H,2-3,13-14H2,1H3/t18-,19+,20-,23+/m0/s1. The summed E-state index contributed by atoms with van der Waals surface area (Å²) < 4.78 is 11.6. The summed E-state index contributed by atoms with van der Waals surface area (Å²) in [6.07, 6.45) is 5.31. The maximum Gasteiger partial charge on any atom is 0.312 e. The average molecular weight is 377 g/mol. The van der Waals surface area contributed by atoms with E-state index in [1.807, 2.05) is 54.6 Å². The summed E-state index contributed by atoms with van der Waals surface area (Å²) in [6.45, 7) is 2.87. The summed E-state index contributed by atoms with van der Waals surface area (Å²) in [5, 5.41) is 2.11. The van der Waals surface area contributed by atoms with Crippen molar-refractivity contribution in [2.24, 2.45) is 11.8 Å². The normalized spacial score (nSPS) is 30.2. The number of amides is 1.